The average Bonchev–Trinajstić information content (AvgIpc) is 2.25. The summed E-state index contributed by atoms with van der Waals surface area (Å²) in [4.78, 5) is 11.6. The van der Waals surface area contributed by atoms with E-state index in [4.69, 9.17) is 5.73 Å². The Morgan fingerprint density at radius 2 is 2.24 bits per heavy atom. The summed E-state index contributed by atoms with van der Waals surface area (Å²) in [5.41, 5.74) is 5.46. The fraction of sp³-hybridized carbons (Fsp3) is 0.364. The summed E-state index contributed by atoms with van der Waals surface area (Å²) in [6.45, 7) is 2.85. The highest BCUT2D eigenvalue weighted by Gasteiger charge is 2.12. The van der Waals surface area contributed by atoms with Crippen molar-refractivity contribution in [1.82, 2.24) is 5.32 Å². The molecule has 0 fully saturated rings. The Balaban J connectivity index is 0.00000256. The van der Waals surface area contributed by atoms with E-state index in [-0.39, 0.29) is 23.9 Å². The first kappa shape index (κ1) is 16.4. The summed E-state index contributed by atoms with van der Waals surface area (Å²) in [6.07, 6.45) is 0. The van der Waals surface area contributed by atoms with Crippen LogP contribution in [0.3, 0.4) is 0 Å². The van der Waals surface area contributed by atoms with Gasteiger partial charge in [0.1, 0.15) is 5.82 Å². The Kier molecular flexibility index (Phi) is 7.34. The molecule has 1 atom stereocenters. The van der Waals surface area contributed by atoms with Gasteiger partial charge in [-0.1, -0.05) is 22.9 Å². The van der Waals surface area contributed by atoms with Crippen molar-refractivity contribution in [1.29, 1.82) is 0 Å². The van der Waals surface area contributed by atoms with E-state index < -0.39 is 11.7 Å². The molecule has 0 aliphatic carbocycles. The van der Waals surface area contributed by atoms with E-state index >= 15 is 0 Å². The third-order valence-electron chi connectivity index (χ3n) is 2.19. The predicted octanol–water partition coefficient (Wildman–Crippen LogP) is 2.33. The van der Waals surface area contributed by atoms with Crippen molar-refractivity contribution >= 4 is 34.2 Å². The molecule has 0 saturated carbocycles. The number of hydrogen-bond donors (Lipinski definition) is 2. The largest absolute Gasteiger partial charge is 0.352 e. The van der Waals surface area contributed by atoms with Crippen LogP contribution in [-0.2, 0) is 0 Å². The van der Waals surface area contributed by atoms with Gasteiger partial charge in [0, 0.05) is 11.0 Å². The molecule has 96 valence electrons. The molecule has 3 nitrogen and oxygen atoms in total. The van der Waals surface area contributed by atoms with E-state index in [1.54, 1.807) is 6.07 Å². The topological polar surface area (TPSA) is 55.1 Å². The highest BCUT2D eigenvalue weighted by Crippen LogP contribution is 2.15. The van der Waals surface area contributed by atoms with Crippen LogP contribution in [0.4, 0.5) is 4.39 Å². The normalized spacial score (nSPS) is 11.5. The first-order chi connectivity index (χ1) is 7.54. The Labute approximate surface area is 114 Å². The Hall–Kier alpha value is -0.650. The summed E-state index contributed by atoms with van der Waals surface area (Å²) in [5, 5.41) is 2.64. The monoisotopic (exact) mass is 324 g/mol. The van der Waals surface area contributed by atoms with Crippen LogP contribution in [0.1, 0.15) is 17.3 Å². The number of benzene rings is 1. The van der Waals surface area contributed by atoms with Crippen LogP contribution in [0.15, 0.2) is 22.7 Å². The zero-order valence-corrected chi connectivity index (χ0v) is 11.8. The van der Waals surface area contributed by atoms with Crippen LogP contribution in [0.25, 0.3) is 0 Å². The Morgan fingerprint density at radius 3 is 2.76 bits per heavy atom. The third kappa shape index (κ3) is 5.02. The van der Waals surface area contributed by atoms with Gasteiger partial charge in [-0.2, -0.15) is 0 Å². The summed E-state index contributed by atoms with van der Waals surface area (Å²) < 4.78 is 14.0. The highest BCUT2D eigenvalue weighted by atomic mass is 79.9. The first-order valence-corrected chi connectivity index (χ1v) is 5.77. The summed E-state index contributed by atoms with van der Waals surface area (Å²) in [5.74, 6) is -0.764. The van der Waals surface area contributed by atoms with Gasteiger partial charge in [-0.25, -0.2) is 4.39 Å². The minimum absolute atomic E-state index is 0. The molecule has 0 aliphatic heterocycles. The molecule has 0 bridgehead atoms. The molecule has 0 radical (unpaired) electrons. The van der Waals surface area contributed by atoms with Gasteiger partial charge in [-0.05, 0) is 30.7 Å². The van der Waals surface area contributed by atoms with Crippen molar-refractivity contribution < 1.29 is 9.18 Å². The molecule has 0 aromatic heterocycles. The predicted molar refractivity (Wildman–Crippen MR) is 71.9 cm³/mol. The second kappa shape index (κ2) is 7.63. The number of halogens is 3. The van der Waals surface area contributed by atoms with Gasteiger partial charge < -0.3 is 11.1 Å². The van der Waals surface area contributed by atoms with Crippen molar-refractivity contribution in [3.8, 4) is 0 Å². The minimum Gasteiger partial charge on any atom is -0.352 e. The summed E-state index contributed by atoms with van der Waals surface area (Å²) in [7, 11) is 0. The second-order valence-corrected chi connectivity index (χ2v) is 4.59. The van der Waals surface area contributed by atoms with Crippen molar-refractivity contribution in [3.05, 3.63) is 34.1 Å². The molecule has 1 aromatic rings. The molecular formula is C11H15BrClFN2O. The van der Waals surface area contributed by atoms with Crippen LogP contribution >= 0.6 is 28.3 Å². The Bertz CT molecular complexity index is 390. The first-order valence-electron chi connectivity index (χ1n) is 4.98. The number of hydrogen-bond acceptors (Lipinski definition) is 2. The van der Waals surface area contributed by atoms with E-state index in [1.807, 2.05) is 6.92 Å². The summed E-state index contributed by atoms with van der Waals surface area (Å²) in [6, 6.07) is 4.34. The molecule has 1 unspecified atom stereocenters. The smallest absolute Gasteiger partial charge is 0.254 e. The van der Waals surface area contributed by atoms with Crippen molar-refractivity contribution in [2.45, 2.75) is 6.92 Å². The van der Waals surface area contributed by atoms with E-state index in [2.05, 4.69) is 21.2 Å². The maximum atomic E-state index is 13.4. The lowest BCUT2D eigenvalue weighted by atomic mass is 10.1. The number of rotatable bonds is 4. The van der Waals surface area contributed by atoms with Crippen LogP contribution in [0.2, 0.25) is 0 Å². The maximum absolute atomic E-state index is 13.4. The number of nitrogens with one attached hydrogen (secondary N) is 1. The molecule has 0 heterocycles. The van der Waals surface area contributed by atoms with Gasteiger partial charge in [0.25, 0.3) is 5.91 Å². The SMILES string of the molecule is CC(CN)CNC(=O)c1ccc(Br)cc1F.Cl. The van der Waals surface area contributed by atoms with Gasteiger partial charge in [-0.3, -0.25) is 4.79 Å². The molecular weight excluding hydrogens is 310 g/mol. The van der Waals surface area contributed by atoms with Crippen LogP contribution < -0.4 is 11.1 Å². The van der Waals surface area contributed by atoms with Crippen molar-refractivity contribution in [3.63, 3.8) is 0 Å². The van der Waals surface area contributed by atoms with Crippen molar-refractivity contribution in [2.24, 2.45) is 11.7 Å². The van der Waals surface area contributed by atoms with Gasteiger partial charge in [-0.15, -0.1) is 12.4 Å². The number of nitrogens with two attached hydrogens (primary N) is 1. The van der Waals surface area contributed by atoms with Crippen LogP contribution in [-0.4, -0.2) is 19.0 Å². The van der Waals surface area contributed by atoms with E-state index in [9.17, 15) is 9.18 Å². The lowest BCUT2D eigenvalue weighted by molar-refractivity contribution is 0.0944. The maximum Gasteiger partial charge on any atom is 0.254 e. The standard InChI is InChI=1S/C11H14BrFN2O.ClH/c1-7(5-14)6-15-11(16)9-3-2-8(12)4-10(9)13;/h2-4,7H,5-6,14H2,1H3,(H,15,16);1H. The molecule has 1 amide bonds. The second-order valence-electron chi connectivity index (χ2n) is 3.68. The van der Waals surface area contributed by atoms with Crippen LogP contribution in [0, 0.1) is 11.7 Å². The molecule has 0 saturated heterocycles. The van der Waals surface area contributed by atoms with Crippen molar-refractivity contribution in [2.75, 3.05) is 13.1 Å². The number of carbonyl (C=O) groups is 1. The lowest BCUT2D eigenvalue weighted by Gasteiger charge is -2.10. The van der Waals surface area contributed by atoms with Gasteiger partial charge in [0.05, 0.1) is 5.56 Å². The van der Waals surface area contributed by atoms with E-state index in [1.165, 1.54) is 12.1 Å². The molecule has 1 rings (SSSR count). The molecule has 3 N–H and O–H groups in total. The van der Waals surface area contributed by atoms with Gasteiger partial charge in [0.15, 0.2) is 0 Å². The molecule has 6 heteroatoms. The Morgan fingerprint density at radius 1 is 1.59 bits per heavy atom. The minimum atomic E-state index is -0.535. The van der Waals surface area contributed by atoms with Crippen LogP contribution in [0.5, 0.6) is 0 Å². The lowest BCUT2D eigenvalue weighted by Crippen LogP contribution is -2.31. The fourth-order valence-corrected chi connectivity index (χ4v) is 1.45. The van der Waals surface area contributed by atoms with Gasteiger partial charge in [0.2, 0.25) is 0 Å². The molecule has 0 spiro atoms. The number of amides is 1. The quantitative estimate of drug-likeness (QED) is 0.893. The fourth-order valence-electron chi connectivity index (χ4n) is 1.12. The van der Waals surface area contributed by atoms with E-state index in [0.717, 1.165) is 0 Å². The highest BCUT2D eigenvalue weighted by molar-refractivity contribution is 9.10. The zero-order valence-electron chi connectivity index (χ0n) is 9.37. The summed E-state index contributed by atoms with van der Waals surface area (Å²) >= 11 is 3.13. The molecule has 0 aliphatic rings. The number of carbonyl (C=O) groups excluding carboxylic acids is 1. The molecule has 1 aromatic carbocycles. The zero-order chi connectivity index (χ0) is 12.1. The van der Waals surface area contributed by atoms with Gasteiger partial charge >= 0.3 is 0 Å². The average molecular weight is 326 g/mol. The molecule has 17 heavy (non-hydrogen) atoms. The van der Waals surface area contributed by atoms with E-state index in [0.29, 0.717) is 17.6 Å². The third-order valence-corrected chi connectivity index (χ3v) is 2.68.